The van der Waals surface area contributed by atoms with Gasteiger partial charge in [0.25, 0.3) is 0 Å². The molecule has 0 amide bonds. The smallest absolute Gasteiger partial charge is 0.310 e. The Balaban J connectivity index is 2.02. The summed E-state index contributed by atoms with van der Waals surface area (Å²) < 4.78 is 6.67. The van der Waals surface area contributed by atoms with Crippen LogP contribution < -0.4 is 4.90 Å². The highest BCUT2D eigenvalue weighted by Crippen LogP contribution is 2.21. The van der Waals surface area contributed by atoms with Crippen LogP contribution >= 0.6 is 0 Å². The van der Waals surface area contributed by atoms with Crippen LogP contribution in [0.25, 0.3) is 0 Å². The summed E-state index contributed by atoms with van der Waals surface area (Å²) in [6.07, 6.45) is 1.83. The van der Waals surface area contributed by atoms with Crippen LogP contribution in [-0.2, 0) is 16.6 Å². The first-order chi connectivity index (χ1) is 8.22. The number of tetrazole rings is 1. The molecule has 2 heterocycles. The molecule has 2 rings (SSSR count). The fourth-order valence-electron chi connectivity index (χ4n) is 2.10. The number of piperidine rings is 1. The van der Waals surface area contributed by atoms with Crippen molar-refractivity contribution in [3.8, 4) is 0 Å². The molecule has 0 aliphatic carbocycles. The van der Waals surface area contributed by atoms with Crippen molar-refractivity contribution in [3.05, 3.63) is 0 Å². The molecule has 0 saturated carbocycles. The maximum Gasteiger partial charge on any atom is 0.310 e. The second kappa shape index (κ2) is 5.11. The topological polar surface area (TPSA) is 73.1 Å². The summed E-state index contributed by atoms with van der Waals surface area (Å²) >= 11 is 0. The van der Waals surface area contributed by atoms with E-state index in [9.17, 15) is 4.79 Å². The molecule has 0 aromatic carbocycles. The Morgan fingerprint density at radius 3 is 3.06 bits per heavy atom. The van der Waals surface area contributed by atoms with Crippen LogP contribution in [0.15, 0.2) is 0 Å². The third-order valence-corrected chi connectivity index (χ3v) is 2.92. The van der Waals surface area contributed by atoms with Gasteiger partial charge in [-0.25, -0.2) is 4.68 Å². The lowest BCUT2D eigenvalue weighted by Gasteiger charge is -2.31. The summed E-state index contributed by atoms with van der Waals surface area (Å²) in [7, 11) is 1.79. The molecule has 17 heavy (non-hydrogen) atoms. The Morgan fingerprint density at radius 1 is 1.59 bits per heavy atom. The predicted molar refractivity (Wildman–Crippen MR) is 60.4 cm³/mol. The minimum Gasteiger partial charge on any atom is -0.466 e. The number of aryl methyl sites for hydroxylation is 1. The van der Waals surface area contributed by atoms with Crippen molar-refractivity contribution in [2.24, 2.45) is 13.0 Å². The predicted octanol–water partition coefficient (Wildman–Crippen LogP) is -0.0104. The van der Waals surface area contributed by atoms with Gasteiger partial charge in [0.2, 0.25) is 5.95 Å². The number of carbonyl (C=O) groups is 1. The number of aromatic nitrogens is 4. The second-order valence-corrected chi connectivity index (χ2v) is 4.14. The average Bonchev–Trinajstić information content (AvgIpc) is 2.76. The zero-order chi connectivity index (χ0) is 12.3. The monoisotopic (exact) mass is 239 g/mol. The molecule has 7 heteroatoms. The molecule has 1 saturated heterocycles. The van der Waals surface area contributed by atoms with Gasteiger partial charge in [0.1, 0.15) is 0 Å². The van der Waals surface area contributed by atoms with Gasteiger partial charge in [0.05, 0.1) is 12.5 Å². The second-order valence-electron chi connectivity index (χ2n) is 4.14. The summed E-state index contributed by atoms with van der Waals surface area (Å²) in [5.74, 6) is 0.520. The van der Waals surface area contributed by atoms with Crippen molar-refractivity contribution in [1.29, 1.82) is 0 Å². The molecule has 94 valence electrons. The van der Waals surface area contributed by atoms with Gasteiger partial charge >= 0.3 is 5.97 Å². The summed E-state index contributed by atoms with van der Waals surface area (Å²) in [5.41, 5.74) is 0. The number of carbonyl (C=O) groups excluding carboxylic acids is 1. The Hall–Kier alpha value is -1.66. The third-order valence-electron chi connectivity index (χ3n) is 2.92. The average molecular weight is 239 g/mol. The Bertz CT molecular complexity index is 392. The molecule has 1 aliphatic heterocycles. The van der Waals surface area contributed by atoms with Gasteiger partial charge in [-0.05, 0) is 30.2 Å². The maximum absolute atomic E-state index is 11.7. The molecule has 0 spiro atoms. The van der Waals surface area contributed by atoms with E-state index in [1.54, 1.807) is 11.7 Å². The van der Waals surface area contributed by atoms with E-state index in [1.807, 2.05) is 11.8 Å². The molecule has 1 aromatic heterocycles. The fraction of sp³-hybridized carbons (Fsp3) is 0.800. The van der Waals surface area contributed by atoms with Crippen molar-refractivity contribution in [2.75, 3.05) is 24.6 Å². The van der Waals surface area contributed by atoms with Crippen molar-refractivity contribution in [3.63, 3.8) is 0 Å². The van der Waals surface area contributed by atoms with Crippen molar-refractivity contribution in [1.82, 2.24) is 20.2 Å². The van der Waals surface area contributed by atoms with Crippen LogP contribution in [0.5, 0.6) is 0 Å². The zero-order valence-electron chi connectivity index (χ0n) is 10.2. The molecule has 1 aliphatic rings. The molecule has 1 aromatic rings. The van der Waals surface area contributed by atoms with E-state index < -0.39 is 0 Å². The van der Waals surface area contributed by atoms with E-state index in [-0.39, 0.29) is 11.9 Å². The zero-order valence-corrected chi connectivity index (χ0v) is 10.2. The van der Waals surface area contributed by atoms with E-state index in [0.717, 1.165) is 19.4 Å². The Kier molecular flexibility index (Phi) is 3.55. The first-order valence-corrected chi connectivity index (χ1v) is 5.86. The highest BCUT2D eigenvalue weighted by molar-refractivity contribution is 5.73. The standard InChI is InChI=1S/C10H17N5O2/c1-3-17-9(16)8-5-4-6-15(7-8)10-11-12-13-14(10)2/h8H,3-7H2,1-2H3. The summed E-state index contributed by atoms with van der Waals surface area (Å²) in [6.45, 7) is 3.77. The van der Waals surface area contributed by atoms with Crippen molar-refractivity contribution < 1.29 is 9.53 Å². The molecule has 0 radical (unpaired) electrons. The normalized spacial score (nSPS) is 20.4. The van der Waals surface area contributed by atoms with Gasteiger partial charge in [-0.1, -0.05) is 5.10 Å². The summed E-state index contributed by atoms with van der Waals surface area (Å²) in [4.78, 5) is 13.7. The molecule has 0 bridgehead atoms. The van der Waals surface area contributed by atoms with E-state index in [1.165, 1.54) is 0 Å². The Labute approximate surface area is 99.7 Å². The lowest BCUT2D eigenvalue weighted by atomic mass is 9.98. The minimum absolute atomic E-state index is 0.0691. The summed E-state index contributed by atoms with van der Waals surface area (Å²) in [6, 6.07) is 0. The number of ether oxygens (including phenoxy) is 1. The van der Waals surface area contributed by atoms with Crippen LogP contribution in [0.4, 0.5) is 5.95 Å². The Morgan fingerprint density at radius 2 is 2.41 bits per heavy atom. The van der Waals surface area contributed by atoms with E-state index in [0.29, 0.717) is 19.1 Å². The van der Waals surface area contributed by atoms with Crippen LogP contribution in [-0.4, -0.2) is 45.9 Å². The highest BCUT2D eigenvalue weighted by Gasteiger charge is 2.28. The SMILES string of the molecule is CCOC(=O)C1CCCN(c2nnnn2C)C1. The van der Waals surface area contributed by atoms with Crippen LogP contribution in [0.2, 0.25) is 0 Å². The highest BCUT2D eigenvalue weighted by atomic mass is 16.5. The first-order valence-electron chi connectivity index (χ1n) is 5.86. The van der Waals surface area contributed by atoms with Gasteiger partial charge < -0.3 is 9.64 Å². The lowest BCUT2D eigenvalue weighted by Crippen LogP contribution is -2.40. The summed E-state index contributed by atoms with van der Waals surface area (Å²) in [5, 5.41) is 11.4. The molecule has 0 N–H and O–H groups in total. The molecular formula is C10H17N5O2. The number of hydrogen-bond acceptors (Lipinski definition) is 6. The van der Waals surface area contributed by atoms with E-state index in [2.05, 4.69) is 15.5 Å². The molecule has 1 fully saturated rings. The van der Waals surface area contributed by atoms with Crippen LogP contribution in [0, 0.1) is 5.92 Å². The van der Waals surface area contributed by atoms with Gasteiger partial charge in [0.15, 0.2) is 0 Å². The van der Waals surface area contributed by atoms with Crippen LogP contribution in [0.3, 0.4) is 0 Å². The number of hydrogen-bond donors (Lipinski definition) is 0. The number of nitrogens with zero attached hydrogens (tertiary/aromatic N) is 5. The first kappa shape index (κ1) is 11.8. The maximum atomic E-state index is 11.7. The van der Waals surface area contributed by atoms with Crippen LogP contribution in [0.1, 0.15) is 19.8 Å². The van der Waals surface area contributed by atoms with E-state index >= 15 is 0 Å². The number of anilines is 1. The van der Waals surface area contributed by atoms with Crippen molar-refractivity contribution in [2.45, 2.75) is 19.8 Å². The molecule has 1 unspecified atom stereocenters. The van der Waals surface area contributed by atoms with Crippen molar-refractivity contribution >= 4 is 11.9 Å². The van der Waals surface area contributed by atoms with E-state index in [4.69, 9.17) is 4.74 Å². The fourth-order valence-corrected chi connectivity index (χ4v) is 2.10. The number of rotatable bonds is 3. The minimum atomic E-state index is -0.118. The lowest BCUT2D eigenvalue weighted by molar-refractivity contribution is -0.148. The molecular weight excluding hydrogens is 222 g/mol. The molecule has 1 atom stereocenters. The van der Waals surface area contributed by atoms with Gasteiger partial charge in [-0.2, -0.15) is 0 Å². The van der Waals surface area contributed by atoms with Gasteiger partial charge in [-0.3, -0.25) is 4.79 Å². The quantitative estimate of drug-likeness (QED) is 0.691. The number of esters is 1. The van der Waals surface area contributed by atoms with Gasteiger partial charge in [-0.15, -0.1) is 0 Å². The largest absolute Gasteiger partial charge is 0.466 e. The van der Waals surface area contributed by atoms with Gasteiger partial charge in [0, 0.05) is 20.1 Å². The third kappa shape index (κ3) is 2.54. The molecule has 7 nitrogen and oxygen atoms in total.